The van der Waals surface area contributed by atoms with Gasteiger partial charge in [-0.3, -0.25) is 4.79 Å². The van der Waals surface area contributed by atoms with Crippen LogP contribution in [0.5, 0.6) is 5.75 Å². The van der Waals surface area contributed by atoms with Gasteiger partial charge in [0.1, 0.15) is 29.8 Å². The van der Waals surface area contributed by atoms with Crippen molar-refractivity contribution in [2.24, 2.45) is 0 Å². The van der Waals surface area contributed by atoms with Crippen molar-refractivity contribution in [1.82, 2.24) is 0 Å². The standard InChI is InChI=1S/C24H16BrClFIN2O2/c1-14-5-6-19(11-21(14)26)30-24(31)17(12-29)7-16-9-20(25)23(22(28)10-16)32-13-15-3-2-4-18(27)8-15/h2-11H,13H2,1H3,(H,30,31)/b17-7-. The molecule has 3 aromatic rings. The highest BCUT2D eigenvalue weighted by Gasteiger charge is 2.13. The van der Waals surface area contributed by atoms with Gasteiger partial charge in [0, 0.05) is 10.7 Å². The Balaban J connectivity index is 1.77. The number of nitrogens with zero attached hydrogens (tertiary/aromatic N) is 1. The van der Waals surface area contributed by atoms with Gasteiger partial charge in [-0.05, 0) is 105 Å². The third kappa shape index (κ3) is 6.31. The molecule has 0 aliphatic carbocycles. The Bertz CT molecular complexity index is 1230. The molecule has 32 heavy (non-hydrogen) atoms. The number of halogens is 4. The van der Waals surface area contributed by atoms with E-state index in [1.54, 1.807) is 42.5 Å². The average Bonchev–Trinajstić information content (AvgIpc) is 2.74. The lowest BCUT2D eigenvalue weighted by molar-refractivity contribution is -0.112. The van der Waals surface area contributed by atoms with Crippen molar-refractivity contribution in [2.75, 3.05) is 5.32 Å². The lowest BCUT2D eigenvalue weighted by atomic mass is 10.1. The maximum absolute atomic E-state index is 13.4. The number of nitriles is 1. The molecule has 8 heteroatoms. The molecule has 1 N–H and O–H groups in total. The molecule has 0 radical (unpaired) electrons. The van der Waals surface area contributed by atoms with E-state index in [2.05, 4.69) is 43.8 Å². The maximum Gasteiger partial charge on any atom is 0.266 e. The molecule has 0 heterocycles. The molecule has 1 amide bonds. The summed E-state index contributed by atoms with van der Waals surface area (Å²) in [4.78, 5) is 12.6. The highest BCUT2D eigenvalue weighted by molar-refractivity contribution is 14.1. The number of hydrogen-bond donors (Lipinski definition) is 1. The molecule has 3 rings (SSSR count). The van der Waals surface area contributed by atoms with Crippen molar-refractivity contribution in [2.45, 2.75) is 13.5 Å². The Hall–Kier alpha value is -2.41. The molecule has 0 bridgehead atoms. The summed E-state index contributed by atoms with van der Waals surface area (Å²) >= 11 is 11.7. The Morgan fingerprint density at radius 3 is 2.72 bits per heavy atom. The van der Waals surface area contributed by atoms with Crippen molar-refractivity contribution in [3.05, 3.63) is 95.7 Å². The predicted octanol–water partition coefficient (Wildman–Crippen LogP) is 7.28. The summed E-state index contributed by atoms with van der Waals surface area (Å²) in [5, 5.41) is 12.7. The number of hydrogen-bond acceptors (Lipinski definition) is 3. The van der Waals surface area contributed by atoms with Gasteiger partial charge in [0.15, 0.2) is 0 Å². The van der Waals surface area contributed by atoms with Crippen LogP contribution in [0, 0.1) is 27.6 Å². The van der Waals surface area contributed by atoms with Crippen LogP contribution in [0.25, 0.3) is 6.08 Å². The van der Waals surface area contributed by atoms with Crippen LogP contribution in [0.2, 0.25) is 5.02 Å². The minimum absolute atomic E-state index is 0.0576. The largest absolute Gasteiger partial charge is 0.487 e. The van der Waals surface area contributed by atoms with E-state index in [0.717, 1.165) is 9.13 Å². The summed E-state index contributed by atoms with van der Waals surface area (Å²) in [5.41, 5.74) is 2.69. The van der Waals surface area contributed by atoms with E-state index >= 15 is 0 Å². The predicted molar refractivity (Wildman–Crippen MR) is 136 cm³/mol. The van der Waals surface area contributed by atoms with Crippen LogP contribution >= 0.6 is 50.1 Å². The number of amides is 1. The minimum atomic E-state index is -0.537. The molecule has 0 saturated heterocycles. The normalized spacial score (nSPS) is 11.1. The molecule has 3 aromatic carbocycles. The van der Waals surface area contributed by atoms with Crippen LogP contribution in [0.1, 0.15) is 16.7 Å². The van der Waals surface area contributed by atoms with Gasteiger partial charge in [-0.15, -0.1) is 0 Å². The number of ether oxygens (including phenoxy) is 1. The molecular formula is C24H16BrClFIN2O2. The van der Waals surface area contributed by atoms with E-state index in [9.17, 15) is 14.4 Å². The molecule has 0 aromatic heterocycles. The van der Waals surface area contributed by atoms with Crippen LogP contribution in [-0.2, 0) is 11.4 Å². The number of carbonyl (C=O) groups excluding carboxylic acids is 1. The second kappa shape index (κ2) is 10.9. The van der Waals surface area contributed by atoms with Gasteiger partial charge in [0.05, 0.1) is 8.04 Å². The number of anilines is 1. The molecular weight excluding hydrogens is 610 g/mol. The Morgan fingerprint density at radius 2 is 2.06 bits per heavy atom. The quantitative estimate of drug-likeness (QED) is 0.178. The summed E-state index contributed by atoms with van der Waals surface area (Å²) in [5.74, 6) is -0.273. The Labute approximate surface area is 212 Å². The van der Waals surface area contributed by atoms with Crippen molar-refractivity contribution in [1.29, 1.82) is 5.26 Å². The van der Waals surface area contributed by atoms with Crippen LogP contribution < -0.4 is 10.1 Å². The Kier molecular flexibility index (Phi) is 8.29. The fourth-order valence-corrected chi connectivity index (χ4v) is 4.72. The van der Waals surface area contributed by atoms with E-state index in [-0.39, 0.29) is 18.0 Å². The van der Waals surface area contributed by atoms with Gasteiger partial charge in [0.2, 0.25) is 0 Å². The van der Waals surface area contributed by atoms with Gasteiger partial charge < -0.3 is 10.1 Å². The number of nitrogens with one attached hydrogen (secondary N) is 1. The topological polar surface area (TPSA) is 62.1 Å². The summed E-state index contributed by atoms with van der Waals surface area (Å²) < 4.78 is 20.6. The van der Waals surface area contributed by atoms with Crippen molar-refractivity contribution in [3.63, 3.8) is 0 Å². The first-order chi connectivity index (χ1) is 15.3. The van der Waals surface area contributed by atoms with Crippen molar-refractivity contribution in [3.8, 4) is 11.8 Å². The summed E-state index contributed by atoms with van der Waals surface area (Å²) in [6, 6.07) is 16.8. The van der Waals surface area contributed by atoms with Gasteiger partial charge in [-0.1, -0.05) is 29.8 Å². The van der Waals surface area contributed by atoms with Crippen LogP contribution in [0.15, 0.2) is 64.6 Å². The van der Waals surface area contributed by atoms with E-state index in [1.165, 1.54) is 18.2 Å². The lowest BCUT2D eigenvalue weighted by Gasteiger charge is -2.12. The molecule has 0 saturated carbocycles. The van der Waals surface area contributed by atoms with Gasteiger partial charge in [0.25, 0.3) is 5.91 Å². The number of benzene rings is 3. The van der Waals surface area contributed by atoms with Gasteiger partial charge in [-0.2, -0.15) is 5.26 Å². The maximum atomic E-state index is 13.4. The summed E-state index contributed by atoms with van der Waals surface area (Å²) in [6.45, 7) is 2.06. The monoisotopic (exact) mass is 624 g/mol. The SMILES string of the molecule is Cc1ccc(NC(=O)/C(C#N)=C\c2cc(Br)c(OCc3cccc(F)c3)c(I)c2)cc1Cl. The lowest BCUT2D eigenvalue weighted by Crippen LogP contribution is -2.13. The first kappa shape index (κ1) is 24.2. The zero-order valence-electron chi connectivity index (χ0n) is 16.8. The van der Waals surface area contributed by atoms with E-state index < -0.39 is 5.91 Å². The van der Waals surface area contributed by atoms with Crippen LogP contribution in [-0.4, -0.2) is 5.91 Å². The first-order valence-electron chi connectivity index (χ1n) is 9.32. The first-order valence-corrected chi connectivity index (χ1v) is 11.6. The van der Waals surface area contributed by atoms with E-state index in [4.69, 9.17) is 16.3 Å². The highest BCUT2D eigenvalue weighted by Crippen LogP contribution is 2.33. The minimum Gasteiger partial charge on any atom is -0.487 e. The molecule has 0 aliphatic heterocycles. The van der Waals surface area contributed by atoms with Crippen molar-refractivity contribution >= 4 is 67.8 Å². The van der Waals surface area contributed by atoms with Crippen molar-refractivity contribution < 1.29 is 13.9 Å². The third-order valence-electron chi connectivity index (χ3n) is 4.40. The molecule has 0 unspecified atom stereocenters. The highest BCUT2D eigenvalue weighted by atomic mass is 127. The van der Waals surface area contributed by atoms with Gasteiger partial charge >= 0.3 is 0 Å². The molecule has 0 aliphatic rings. The molecule has 0 fully saturated rings. The zero-order valence-corrected chi connectivity index (χ0v) is 21.3. The second-order valence-electron chi connectivity index (χ2n) is 6.82. The average molecular weight is 626 g/mol. The smallest absolute Gasteiger partial charge is 0.266 e. The zero-order chi connectivity index (χ0) is 23.3. The Morgan fingerprint density at radius 1 is 1.28 bits per heavy atom. The fourth-order valence-electron chi connectivity index (χ4n) is 2.77. The fraction of sp³-hybridized carbons (Fsp3) is 0.0833. The summed E-state index contributed by atoms with van der Waals surface area (Å²) in [7, 11) is 0. The van der Waals surface area contributed by atoms with E-state index in [1.807, 2.05) is 13.0 Å². The van der Waals surface area contributed by atoms with Crippen LogP contribution in [0.4, 0.5) is 10.1 Å². The molecule has 0 atom stereocenters. The molecule has 0 spiro atoms. The van der Waals surface area contributed by atoms with Crippen LogP contribution in [0.3, 0.4) is 0 Å². The van der Waals surface area contributed by atoms with E-state index in [0.29, 0.717) is 32.1 Å². The number of carbonyl (C=O) groups is 1. The van der Waals surface area contributed by atoms with Gasteiger partial charge in [-0.25, -0.2) is 4.39 Å². The molecule has 162 valence electrons. The number of rotatable bonds is 6. The molecule has 4 nitrogen and oxygen atoms in total. The summed E-state index contributed by atoms with van der Waals surface area (Å²) in [6.07, 6.45) is 1.49. The third-order valence-corrected chi connectivity index (χ3v) is 6.20. The number of aryl methyl sites for hydroxylation is 1. The second-order valence-corrected chi connectivity index (χ2v) is 9.24.